The fourth-order valence-electron chi connectivity index (χ4n) is 1.23. The van der Waals surface area contributed by atoms with E-state index in [0.29, 0.717) is 12.0 Å². The maximum Gasteiger partial charge on any atom is 0.234 e. The second-order valence-electron chi connectivity index (χ2n) is 3.71. The minimum Gasteiger partial charge on any atom is -0.352 e. The molecule has 1 saturated heterocycles. The Bertz CT molecular complexity index is 180. The van der Waals surface area contributed by atoms with Crippen molar-refractivity contribution >= 4 is 33.6 Å². The molecule has 2 atom stereocenters. The van der Waals surface area contributed by atoms with Crippen molar-refractivity contribution in [1.82, 2.24) is 5.32 Å². The van der Waals surface area contributed by atoms with Crippen LogP contribution in [0.5, 0.6) is 0 Å². The molecule has 1 N–H and O–H groups in total. The number of carbonyl (C=O) groups is 1. The van der Waals surface area contributed by atoms with Gasteiger partial charge < -0.3 is 5.32 Å². The van der Waals surface area contributed by atoms with Crippen LogP contribution in [0.15, 0.2) is 0 Å². The number of rotatable bonds is 3. The van der Waals surface area contributed by atoms with E-state index in [1.54, 1.807) is 0 Å². The molecular weight excluding hydrogens is 250 g/mol. The van der Waals surface area contributed by atoms with Gasteiger partial charge in [0, 0.05) is 11.8 Å². The predicted molar refractivity (Wildman–Crippen MR) is 61.4 cm³/mol. The molecule has 13 heavy (non-hydrogen) atoms. The molecule has 0 radical (unpaired) electrons. The molecule has 0 spiro atoms. The predicted octanol–water partition coefficient (Wildman–Crippen LogP) is 2.03. The topological polar surface area (TPSA) is 29.1 Å². The van der Waals surface area contributed by atoms with Crippen LogP contribution in [-0.2, 0) is 4.79 Å². The lowest BCUT2D eigenvalue weighted by Crippen LogP contribution is -2.40. The smallest absolute Gasteiger partial charge is 0.234 e. The third-order valence-electron chi connectivity index (χ3n) is 2.11. The molecule has 2 unspecified atom stereocenters. The van der Waals surface area contributed by atoms with Crippen molar-refractivity contribution in [3.63, 3.8) is 0 Å². The Morgan fingerprint density at radius 1 is 1.62 bits per heavy atom. The monoisotopic (exact) mass is 265 g/mol. The molecule has 1 aliphatic heterocycles. The molecule has 4 heteroatoms. The highest BCUT2D eigenvalue weighted by Crippen LogP contribution is 2.18. The SMILES string of the molecule is CC(C)C(Br)C(=O)NC1CCSC1. The molecule has 0 aromatic rings. The van der Waals surface area contributed by atoms with Gasteiger partial charge in [0.1, 0.15) is 0 Å². The van der Waals surface area contributed by atoms with Gasteiger partial charge in [0.05, 0.1) is 4.83 Å². The van der Waals surface area contributed by atoms with Crippen molar-refractivity contribution in [2.45, 2.75) is 31.1 Å². The van der Waals surface area contributed by atoms with Crippen LogP contribution in [0, 0.1) is 5.92 Å². The summed E-state index contributed by atoms with van der Waals surface area (Å²) in [5.74, 6) is 2.75. The zero-order chi connectivity index (χ0) is 9.84. The summed E-state index contributed by atoms with van der Waals surface area (Å²) >= 11 is 5.31. The van der Waals surface area contributed by atoms with Gasteiger partial charge in [-0.1, -0.05) is 29.8 Å². The van der Waals surface area contributed by atoms with Crippen molar-refractivity contribution < 1.29 is 4.79 Å². The number of thioether (sulfide) groups is 1. The Kier molecular flexibility index (Phi) is 4.59. The molecule has 0 saturated carbocycles. The number of alkyl halides is 1. The highest BCUT2D eigenvalue weighted by Gasteiger charge is 2.23. The zero-order valence-corrected chi connectivity index (χ0v) is 10.5. The van der Waals surface area contributed by atoms with E-state index in [2.05, 4.69) is 21.2 Å². The molecular formula is C9H16BrNOS. The minimum atomic E-state index is -0.0434. The van der Waals surface area contributed by atoms with E-state index in [1.807, 2.05) is 25.6 Å². The maximum atomic E-state index is 11.6. The second kappa shape index (κ2) is 5.25. The van der Waals surface area contributed by atoms with Gasteiger partial charge in [-0.05, 0) is 18.1 Å². The van der Waals surface area contributed by atoms with E-state index < -0.39 is 0 Å². The molecule has 0 bridgehead atoms. The Morgan fingerprint density at radius 2 is 2.31 bits per heavy atom. The highest BCUT2D eigenvalue weighted by atomic mass is 79.9. The number of carbonyl (C=O) groups excluding carboxylic acids is 1. The van der Waals surface area contributed by atoms with Crippen LogP contribution in [0.3, 0.4) is 0 Å². The van der Waals surface area contributed by atoms with Gasteiger partial charge in [-0.25, -0.2) is 0 Å². The first-order valence-electron chi connectivity index (χ1n) is 4.63. The van der Waals surface area contributed by atoms with Gasteiger partial charge in [-0.2, -0.15) is 11.8 Å². The van der Waals surface area contributed by atoms with Crippen molar-refractivity contribution in [2.24, 2.45) is 5.92 Å². The number of hydrogen-bond acceptors (Lipinski definition) is 2. The summed E-state index contributed by atoms with van der Waals surface area (Å²) in [6.45, 7) is 4.09. The molecule has 0 aliphatic carbocycles. The summed E-state index contributed by atoms with van der Waals surface area (Å²) < 4.78 is 0. The summed E-state index contributed by atoms with van der Waals surface area (Å²) in [5.41, 5.74) is 0. The molecule has 1 aliphatic rings. The average molecular weight is 266 g/mol. The lowest BCUT2D eigenvalue weighted by Gasteiger charge is -2.17. The molecule has 1 heterocycles. The largest absolute Gasteiger partial charge is 0.352 e. The van der Waals surface area contributed by atoms with E-state index in [1.165, 1.54) is 5.75 Å². The number of amides is 1. The lowest BCUT2D eigenvalue weighted by atomic mass is 10.1. The Balaban J connectivity index is 2.31. The molecule has 1 amide bonds. The Morgan fingerprint density at radius 3 is 2.77 bits per heavy atom. The summed E-state index contributed by atoms with van der Waals surface area (Å²) in [6, 6.07) is 0.399. The van der Waals surface area contributed by atoms with Crippen molar-refractivity contribution in [3.05, 3.63) is 0 Å². The third-order valence-corrected chi connectivity index (χ3v) is 4.75. The quantitative estimate of drug-likeness (QED) is 0.792. The molecule has 2 nitrogen and oxygen atoms in total. The molecule has 0 aromatic heterocycles. The fourth-order valence-corrected chi connectivity index (χ4v) is 2.52. The van der Waals surface area contributed by atoms with Crippen LogP contribution in [0.1, 0.15) is 20.3 Å². The van der Waals surface area contributed by atoms with Crippen molar-refractivity contribution in [3.8, 4) is 0 Å². The van der Waals surface area contributed by atoms with Crippen LogP contribution in [0.25, 0.3) is 0 Å². The lowest BCUT2D eigenvalue weighted by molar-refractivity contribution is -0.121. The van der Waals surface area contributed by atoms with Gasteiger partial charge in [-0.3, -0.25) is 4.79 Å². The number of hydrogen-bond donors (Lipinski definition) is 1. The molecule has 1 rings (SSSR count). The molecule has 76 valence electrons. The van der Waals surface area contributed by atoms with E-state index in [4.69, 9.17) is 0 Å². The molecule has 0 aromatic carbocycles. The van der Waals surface area contributed by atoms with Crippen LogP contribution >= 0.6 is 27.7 Å². The Labute approximate surface area is 92.4 Å². The van der Waals surface area contributed by atoms with Gasteiger partial charge in [-0.15, -0.1) is 0 Å². The average Bonchev–Trinajstić information content (AvgIpc) is 2.55. The van der Waals surface area contributed by atoms with Crippen molar-refractivity contribution in [2.75, 3.05) is 11.5 Å². The van der Waals surface area contributed by atoms with Gasteiger partial charge >= 0.3 is 0 Å². The fraction of sp³-hybridized carbons (Fsp3) is 0.889. The molecule has 1 fully saturated rings. The first kappa shape index (κ1) is 11.4. The maximum absolute atomic E-state index is 11.6. The number of halogens is 1. The standard InChI is InChI=1S/C9H16BrNOS/c1-6(2)8(10)9(12)11-7-3-4-13-5-7/h6-8H,3-5H2,1-2H3,(H,11,12). The van der Waals surface area contributed by atoms with Crippen LogP contribution in [0.2, 0.25) is 0 Å². The summed E-state index contributed by atoms with van der Waals surface area (Å²) in [4.78, 5) is 11.5. The van der Waals surface area contributed by atoms with Crippen LogP contribution in [-0.4, -0.2) is 28.3 Å². The van der Waals surface area contributed by atoms with Gasteiger partial charge in [0.25, 0.3) is 0 Å². The Hall–Kier alpha value is 0.300. The zero-order valence-electron chi connectivity index (χ0n) is 8.05. The normalized spacial score (nSPS) is 24.8. The third kappa shape index (κ3) is 3.50. The highest BCUT2D eigenvalue weighted by molar-refractivity contribution is 9.10. The van der Waals surface area contributed by atoms with E-state index >= 15 is 0 Å². The van der Waals surface area contributed by atoms with Gasteiger partial charge in [0.15, 0.2) is 0 Å². The summed E-state index contributed by atoms with van der Waals surface area (Å²) in [6.07, 6.45) is 1.12. The van der Waals surface area contributed by atoms with Crippen molar-refractivity contribution in [1.29, 1.82) is 0 Å². The summed E-state index contributed by atoms with van der Waals surface area (Å²) in [7, 11) is 0. The van der Waals surface area contributed by atoms with E-state index in [-0.39, 0.29) is 10.7 Å². The first-order valence-corrected chi connectivity index (χ1v) is 6.70. The second-order valence-corrected chi connectivity index (χ2v) is 5.85. The summed E-state index contributed by atoms with van der Waals surface area (Å²) in [5, 5.41) is 3.05. The first-order chi connectivity index (χ1) is 6.11. The van der Waals surface area contributed by atoms with Gasteiger partial charge in [0.2, 0.25) is 5.91 Å². The minimum absolute atomic E-state index is 0.0434. The van der Waals surface area contributed by atoms with E-state index in [9.17, 15) is 4.79 Å². The number of nitrogens with one attached hydrogen (secondary N) is 1. The van der Waals surface area contributed by atoms with Crippen LogP contribution < -0.4 is 5.32 Å². The van der Waals surface area contributed by atoms with E-state index in [0.717, 1.165) is 12.2 Å². The van der Waals surface area contributed by atoms with Crippen LogP contribution in [0.4, 0.5) is 0 Å².